The Morgan fingerprint density at radius 2 is 1.79 bits per heavy atom. The fourth-order valence-corrected chi connectivity index (χ4v) is 1.42. The standard InChI is InChI=1S/C14H12/c1-2-6-10-13(9-5-1)14-11-7-3-4-8-12-14/h1,3,5-12H,2H2. The summed E-state index contributed by atoms with van der Waals surface area (Å²) in [7, 11) is 0. The van der Waals surface area contributed by atoms with Gasteiger partial charge in [0, 0.05) is 0 Å². The van der Waals surface area contributed by atoms with E-state index in [1.807, 2.05) is 18.2 Å². The molecular weight excluding hydrogens is 168 g/mol. The van der Waals surface area contributed by atoms with Crippen LogP contribution in [0.4, 0.5) is 0 Å². The van der Waals surface area contributed by atoms with Gasteiger partial charge in [-0.2, -0.15) is 0 Å². The minimum Gasteiger partial charge on any atom is -0.121 e. The zero-order chi connectivity index (χ0) is 9.64. The predicted molar refractivity (Wildman–Crippen MR) is 60.9 cm³/mol. The van der Waals surface area contributed by atoms with E-state index in [1.165, 1.54) is 11.1 Å². The molecule has 68 valence electrons. The van der Waals surface area contributed by atoms with Gasteiger partial charge in [0.2, 0.25) is 0 Å². The van der Waals surface area contributed by atoms with Crippen LogP contribution >= 0.6 is 0 Å². The summed E-state index contributed by atoms with van der Waals surface area (Å²) in [6, 6.07) is 0. The van der Waals surface area contributed by atoms with E-state index in [0.717, 1.165) is 6.42 Å². The van der Waals surface area contributed by atoms with Crippen molar-refractivity contribution in [3.8, 4) is 0 Å². The molecule has 0 heterocycles. The van der Waals surface area contributed by atoms with Crippen molar-refractivity contribution in [2.45, 2.75) is 6.42 Å². The maximum absolute atomic E-state index is 3.05. The van der Waals surface area contributed by atoms with Crippen molar-refractivity contribution in [1.29, 1.82) is 0 Å². The molecule has 0 fully saturated rings. The number of hydrogen-bond donors (Lipinski definition) is 0. The van der Waals surface area contributed by atoms with Gasteiger partial charge in [-0.1, -0.05) is 42.5 Å². The lowest BCUT2D eigenvalue weighted by Crippen LogP contribution is -1.81. The Morgan fingerprint density at radius 3 is 2.79 bits per heavy atom. The minimum absolute atomic E-state index is 1.02. The number of rotatable bonds is 1. The monoisotopic (exact) mass is 180 g/mol. The van der Waals surface area contributed by atoms with Gasteiger partial charge in [0.15, 0.2) is 0 Å². The van der Waals surface area contributed by atoms with E-state index in [9.17, 15) is 0 Å². The Labute approximate surface area is 84.6 Å². The lowest BCUT2D eigenvalue weighted by atomic mass is 10.0. The molecule has 0 heteroatoms. The Hall–Kier alpha value is -1.78. The van der Waals surface area contributed by atoms with Crippen molar-refractivity contribution < 1.29 is 0 Å². The summed E-state index contributed by atoms with van der Waals surface area (Å²) in [5.74, 6) is 0. The van der Waals surface area contributed by atoms with Crippen LogP contribution in [-0.2, 0) is 0 Å². The van der Waals surface area contributed by atoms with Gasteiger partial charge in [-0.05, 0) is 35.8 Å². The summed E-state index contributed by atoms with van der Waals surface area (Å²) in [5, 5.41) is 0. The Balaban J connectivity index is 2.31. The van der Waals surface area contributed by atoms with Gasteiger partial charge >= 0.3 is 0 Å². The fraction of sp³-hybridized carbons (Fsp3) is 0.0714. The van der Waals surface area contributed by atoms with Gasteiger partial charge in [-0.15, -0.1) is 5.73 Å². The molecule has 0 radical (unpaired) electrons. The highest BCUT2D eigenvalue weighted by Crippen LogP contribution is 2.17. The molecule has 2 aliphatic carbocycles. The predicted octanol–water partition coefficient (Wildman–Crippen LogP) is 3.64. The third-order valence-corrected chi connectivity index (χ3v) is 2.14. The number of allylic oxidation sites excluding steroid dienone is 11. The average Bonchev–Trinajstić information content (AvgIpc) is 2.62. The van der Waals surface area contributed by atoms with Crippen LogP contribution in [0.15, 0.2) is 77.6 Å². The highest BCUT2D eigenvalue weighted by atomic mass is 14.0. The van der Waals surface area contributed by atoms with Crippen molar-refractivity contribution in [3.05, 3.63) is 77.6 Å². The van der Waals surface area contributed by atoms with Gasteiger partial charge in [-0.25, -0.2) is 0 Å². The molecule has 0 unspecified atom stereocenters. The van der Waals surface area contributed by atoms with Gasteiger partial charge in [0.1, 0.15) is 0 Å². The van der Waals surface area contributed by atoms with E-state index in [2.05, 4.69) is 48.3 Å². The topological polar surface area (TPSA) is 0 Å². The summed E-state index contributed by atoms with van der Waals surface area (Å²) in [4.78, 5) is 0. The number of hydrogen-bond acceptors (Lipinski definition) is 0. The van der Waals surface area contributed by atoms with Crippen LogP contribution in [0.2, 0.25) is 0 Å². The lowest BCUT2D eigenvalue weighted by molar-refractivity contribution is 1.40. The highest BCUT2D eigenvalue weighted by Gasteiger charge is 1.98. The molecule has 0 atom stereocenters. The van der Waals surface area contributed by atoms with Gasteiger partial charge in [-0.3, -0.25) is 0 Å². The second kappa shape index (κ2) is 4.45. The fourth-order valence-electron chi connectivity index (χ4n) is 1.42. The second-order valence-electron chi connectivity index (χ2n) is 3.17. The van der Waals surface area contributed by atoms with Crippen molar-refractivity contribution >= 4 is 0 Å². The molecule has 0 nitrogen and oxygen atoms in total. The van der Waals surface area contributed by atoms with Crippen LogP contribution in [0.3, 0.4) is 0 Å². The third-order valence-electron chi connectivity index (χ3n) is 2.14. The van der Waals surface area contributed by atoms with Crippen LogP contribution in [0.25, 0.3) is 0 Å². The summed E-state index contributed by atoms with van der Waals surface area (Å²) >= 11 is 0. The molecular formula is C14H12. The molecule has 0 aromatic rings. The first-order valence-electron chi connectivity index (χ1n) is 4.80. The van der Waals surface area contributed by atoms with E-state index in [1.54, 1.807) is 0 Å². The van der Waals surface area contributed by atoms with Gasteiger partial charge in [0.25, 0.3) is 0 Å². The molecule has 14 heavy (non-hydrogen) atoms. The first kappa shape index (κ1) is 8.80. The van der Waals surface area contributed by atoms with E-state index in [4.69, 9.17) is 0 Å². The molecule has 2 rings (SSSR count). The minimum atomic E-state index is 1.02. The molecule has 0 bridgehead atoms. The first-order chi connectivity index (χ1) is 6.97. The van der Waals surface area contributed by atoms with Crippen molar-refractivity contribution in [2.75, 3.05) is 0 Å². The molecule has 0 N–H and O–H groups in total. The third kappa shape index (κ3) is 2.12. The Bertz CT molecular complexity index is 417. The lowest BCUT2D eigenvalue weighted by Gasteiger charge is -2.00. The smallest absolute Gasteiger partial charge is 0.0163 e. The van der Waals surface area contributed by atoms with Gasteiger partial charge in [0.05, 0.1) is 0 Å². The van der Waals surface area contributed by atoms with Crippen LogP contribution < -0.4 is 0 Å². The van der Waals surface area contributed by atoms with Crippen molar-refractivity contribution in [1.82, 2.24) is 0 Å². The largest absolute Gasteiger partial charge is 0.121 e. The maximum atomic E-state index is 3.05. The molecule has 0 amide bonds. The highest BCUT2D eigenvalue weighted by molar-refractivity contribution is 5.51. The molecule has 2 aliphatic rings. The van der Waals surface area contributed by atoms with Crippen molar-refractivity contribution in [2.24, 2.45) is 0 Å². The van der Waals surface area contributed by atoms with Crippen LogP contribution in [-0.4, -0.2) is 0 Å². The maximum Gasteiger partial charge on any atom is -0.0163 e. The van der Waals surface area contributed by atoms with Crippen LogP contribution in [0.5, 0.6) is 0 Å². The van der Waals surface area contributed by atoms with E-state index in [0.29, 0.717) is 0 Å². The first-order valence-corrected chi connectivity index (χ1v) is 4.80. The zero-order valence-electron chi connectivity index (χ0n) is 7.98. The van der Waals surface area contributed by atoms with Crippen LogP contribution in [0.1, 0.15) is 6.42 Å². The molecule has 0 spiro atoms. The van der Waals surface area contributed by atoms with Crippen molar-refractivity contribution in [3.63, 3.8) is 0 Å². The van der Waals surface area contributed by atoms with E-state index in [-0.39, 0.29) is 0 Å². The normalized spacial score (nSPS) is 18.9. The second-order valence-corrected chi connectivity index (χ2v) is 3.17. The summed E-state index contributed by atoms with van der Waals surface area (Å²) < 4.78 is 0. The summed E-state index contributed by atoms with van der Waals surface area (Å²) in [6.07, 6.45) is 21.8. The van der Waals surface area contributed by atoms with E-state index < -0.39 is 0 Å². The SMILES string of the molecule is C1=CC=CC(C2=CC=CCC=C2)=CC=1. The Kier molecular flexibility index (Phi) is 2.80. The van der Waals surface area contributed by atoms with E-state index >= 15 is 0 Å². The Morgan fingerprint density at radius 1 is 0.857 bits per heavy atom. The molecule has 0 aromatic heterocycles. The average molecular weight is 180 g/mol. The van der Waals surface area contributed by atoms with Crippen LogP contribution in [0, 0.1) is 0 Å². The molecule has 0 saturated carbocycles. The molecule has 0 aromatic carbocycles. The molecule has 0 saturated heterocycles. The molecule has 0 aliphatic heterocycles. The quantitative estimate of drug-likeness (QED) is 0.540. The summed E-state index contributed by atoms with van der Waals surface area (Å²) in [6.45, 7) is 0. The summed E-state index contributed by atoms with van der Waals surface area (Å²) in [5.41, 5.74) is 5.53. The van der Waals surface area contributed by atoms with Gasteiger partial charge < -0.3 is 0 Å². The zero-order valence-corrected chi connectivity index (χ0v) is 7.98.